The van der Waals surface area contributed by atoms with E-state index in [0.29, 0.717) is 24.1 Å². The van der Waals surface area contributed by atoms with E-state index < -0.39 is 0 Å². The van der Waals surface area contributed by atoms with E-state index >= 15 is 0 Å². The molecule has 3 heterocycles. The first-order valence-corrected chi connectivity index (χ1v) is 10.7. The van der Waals surface area contributed by atoms with Gasteiger partial charge in [0.05, 0.1) is 12.4 Å². The van der Waals surface area contributed by atoms with E-state index in [0.717, 1.165) is 43.4 Å². The van der Waals surface area contributed by atoms with Gasteiger partial charge >= 0.3 is 0 Å². The number of nitrogens with zero attached hydrogens (tertiary/aromatic N) is 3. The maximum absolute atomic E-state index is 13.2. The molecule has 2 aromatic heterocycles. The van der Waals surface area contributed by atoms with Crippen molar-refractivity contribution in [3.05, 3.63) is 53.2 Å². The molecule has 0 radical (unpaired) electrons. The molecule has 1 aromatic carbocycles. The summed E-state index contributed by atoms with van der Waals surface area (Å²) in [4.78, 5) is 30.4. The van der Waals surface area contributed by atoms with Crippen LogP contribution in [0.15, 0.2) is 47.7 Å². The van der Waals surface area contributed by atoms with Crippen LogP contribution in [0.1, 0.15) is 32.6 Å². The molecule has 0 aliphatic carbocycles. The Morgan fingerprint density at radius 2 is 2.10 bits per heavy atom. The van der Waals surface area contributed by atoms with Crippen LogP contribution in [0.2, 0.25) is 0 Å². The second-order valence-corrected chi connectivity index (χ2v) is 7.77. The molecule has 1 saturated heterocycles. The van der Waals surface area contributed by atoms with Gasteiger partial charge in [-0.2, -0.15) is 0 Å². The van der Waals surface area contributed by atoms with E-state index in [1.54, 1.807) is 15.5 Å². The highest BCUT2D eigenvalue weighted by molar-refractivity contribution is 5.93. The number of carbonyl (C=O) groups excluding carboxylic acids is 1. The fraction of sp³-hybridized carbons (Fsp3) is 0.435. The van der Waals surface area contributed by atoms with Crippen LogP contribution < -0.4 is 10.9 Å². The first-order valence-electron chi connectivity index (χ1n) is 10.7. The van der Waals surface area contributed by atoms with Gasteiger partial charge in [-0.3, -0.25) is 14.2 Å². The minimum absolute atomic E-state index is 0.0742. The van der Waals surface area contributed by atoms with Gasteiger partial charge in [0.15, 0.2) is 0 Å². The molecule has 1 fully saturated rings. The average molecular weight is 409 g/mol. The molecule has 4 rings (SSSR count). The lowest BCUT2D eigenvalue weighted by atomic mass is 10.1. The molecule has 3 aromatic rings. The summed E-state index contributed by atoms with van der Waals surface area (Å²) >= 11 is 0. The van der Waals surface area contributed by atoms with E-state index in [2.05, 4.69) is 17.2 Å². The number of hydrogen-bond acceptors (Lipinski definition) is 4. The lowest BCUT2D eigenvalue weighted by Gasteiger charge is -2.11. The van der Waals surface area contributed by atoms with Gasteiger partial charge in [-0.25, -0.2) is 4.98 Å². The minimum atomic E-state index is -0.134. The van der Waals surface area contributed by atoms with Crippen LogP contribution in [0, 0.1) is 0 Å². The average Bonchev–Trinajstić information content (AvgIpc) is 3.41. The molecular weight excluding hydrogens is 380 g/mol. The minimum Gasteiger partial charge on any atom is -0.376 e. The largest absolute Gasteiger partial charge is 0.376 e. The first-order chi connectivity index (χ1) is 14.7. The monoisotopic (exact) mass is 408 g/mol. The topological polar surface area (TPSA) is 78.2 Å². The Hall–Kier alpha value is -2.93. The summed E-state index contributed by atoms with van der Waals surface area (Å²) in [7, 11) is 0. The maximum Gasteiger partial charge on any atom is 0.277 e. The van der Waals surface area contributed by atoms with Crippen molar-refractivity contribution in [3.8, 4) is 11.1 Å². The number of nitrogens with one attached hydrogen (secondary N) is 1. The lowest BCUT2D eigenvalue weighted by Crippen LogP contribution is -2.34. The fourth-order valence-electron chi connectivity index (χ4n) is 3.90. The van der Waals surface area contributed by atoms with Gasteiger partial charge < -0.3 is 14.6 Å². The number of rotatable bonds is 8. The molecule has 1 unspecified atom stereocenters. The molecule has 1 aliphatic rings. The number of hydrogen-bond donors (Lipinski definition) is 1. The second-order valence-electron chi connectivity index (χ2n) is 7.77. The van der Waals surface area contributed by atoms with Crippen LogP contribution in [0.25, 0.3) is 22.2 Å². The normalized spacial score (nSPS) is 16.2. The highest BCUT2D eigenvalue weighted by atomic mass is 16.5. The molecule has 7 nitrogen and oxygen atoms in total. The second kappa shape index (κ2) is 9.26. The molecule has 30 heavy (non-hydrogen) atoms. The Kier molecular flexibility index (Phi) is 6.28. The Morgan fingerprint density at radius 1 is 1.27 bits per heavy atom. The van der Waals surface area contributed by atoms with Crippen LogP contribution in [0.5, 0.6) is 0 Å². The molecule has 158 valence electrons. The van der Waals surface area contributed by atoms with E-state index in [-0.39, 0.29) is 24.1 Å². The predicted molar refractivity (Wildman–Crippen MR) is 116 cm³/mol. The van der Waals surface area contributed by atoms with Crippen LogP contribution in [0.4, 0.5) is 0 Å². The zero-order valence-corrected chi connectivity index (χ0v) is 17.3. The van der Waals surface area contributed by atoms with Crippen molar-refractivity contribution < 1.29 is 9.53 Å². The summed E-state index contributed by atoms with van der Waals surface area (Å²) in [5.41, 5.74) is 2.82. The number of carbonyl (C=O) groups is 1. The number of unbranched alkanes of at least 4 members (excludes halogenated alkanes) is 1. The van der Waals surface area contributed by atoms with Crippen molar-refractivity contribution in [2.24, 2.45) is 0 Å². The highest BCUT2D eigenvalue weighted by Crippen LogP contribution is 2.27. The maximum atomic E-state index is 13.2. The third-order valence-corrected chi connectivity index (χ3v) is 5.54. The molecule has 1 atom stereocenters. The molecule has 0 spiro atoms. The summed E-state index contributed by atoms with van der Waals surface area (Å²) in [6, 6.07) is 9.83. The van der Waals surface area contributed by atoms with Crippen LogP contribution in [-0.4, -0.2) is 39.3 Å². The van der Waals surface area contributed by atoms with Gasteiger partial charge in [0.2, 0.25) is 5.91 Å². The number of aromatic nitrogens is 3. The molecule has 7 heteroatoms. The zero-order valence-electron chi connectivity index (χ0n) is 17.3. The van der Waals surface area contributed by atoms with Gasteiger partial charge in [-0.05, 0) is 24.8 Å². The van der Waals surface area contributed by atoms with Gasteiger partial charge in [-0.1, -0.05) is 43.7 Å². The van der Waals surface area contributed by atoms with E-state index in [9.17, 15) is 9.59 Å². The van der Waals surface area contributed by atoms with Crippen molar-refractivity contribution in [1.82, 2.24) is 19.4 Å². The zero-order chi connectivity index (χ0) is 20.9. The Labute approximate surface area is 175 Å². The number of aryl methyl sites for hydroxylation is 1. The SMILES string of the molecule is CCCCn1cnc2c(-c3ccccc3)cn(CC(=O)NCC3CCCO3)c2c1=O. The summed E-state index contributed by atoms with van der Waals surface area (Å²) in [5, 5.41) is 2.94. The van der Waals surface area contributed by atoms with Crippen LogP contribution in [-0.2, 0) is 22.6 Å². The van der Waals surface area contributed by atoms with Crippen molar-refractivity contribution in [3.63, 3.8) is 0 Å². The van der Waals surface area contributed by atoms with E-state index in [4.69, 9.17) is 4.74 Å². The third-order valence-electron chi connectivity index (χ3n) is 5.54. The standard InChI is InChI=1S/C23H28N4O3/c1-2-3-11-26-16-25-21-19(17-8-5-4-6-9-17)14-27(22(21)23(26)29)15-20(28)24-13-18-10-7-12-30-18/h4-6,8-9,14,16,18H,2-3,7,10-13,15H2,1H3,(H,24,28). The molecule has 1 N–H and O–H groups in total. The Balaban J connectivity index is 1.67. The van der Waals surface area contributed by atoms with Crippen molar-refractivity contribution >= 4 is 16.9 Å². The Morgan fingerprint density at radius 3 is 2.83 bits per heavy atom. The quantitative estimate of drug-likeness (QED) is 0.622. The summed E-state index contributed by atoms with van der Waals surface area (Å²) in [5.74, 6) is -0.134. The number of benzene rings is 1. The molecular formula is C23H28N4O3. The fourth-order valence-corrected chi connectivity index (χ4v) is 3.90. The van der Waals surface area contributed by atoms with E-state index in [1.165, 1.54) is 0 Å². The van der Waals surface area contributed by atoms with Crippen molar-refractivity contribution in [1.29, 1.82) is 0 Å². The number of fused-ring (bicyclic) bond motifs is 1. The van der Waals surface area contributed by atoms with Crippen LogP contribution >= 0.6 is 0 Å². The van der Waals surface area contributed by atoms with E-state index in [1.807, 2.05) is 36.5 Å². The molecule has 0 saturated carbocycles. The van der Waals surface area contributed by atoms with Crippen molar-refractivity contribution in [2.75, 3.05) is 13.2 Å². The van der Waals surface area contributed by atoms with Crippen LogP contribution in [0.3, 0.4) is 0 Å². The molecule has 0 bridgehead atoms. The van der Waals surface area contributed by atoms with Gasteiger partial charge in [0.1, 0.15) is 17.6 Å². The number of ether oxygens (including phenoxy) is 1. The first kappa shape index (κ1) is 20.3. The smallest absolute Gasteiger partial charge is 0.277 e. The summed E-state index contributed by atoms with van der Waals surface area (Å²) < 4.78 is 8.95. The molecule has 1 aliphatic heterocycles. The highest BCUT2D eigenvalue weighted by Gasteiger charge is 2.19. The summed E-state index contributed by atoms with van der Waals surface area (Å²) in [6.07, 6.45) is 7.47. The van der Waals surface area contributed by atoms with Gasteiger partial charge in [0, 0.05) is 31.5 Å². The van der Waals surface area contributed by atoms with Gasteiger partial charge in [-0.15, -0.1) is 0 Å². The van der Waals surface area contributed by atoms with Gasteiger partial charge in [0.25, 0.3) is 5.56 Å². The molecule has 1 amide bonds. The third kappa shape index (κ3) is 4.31. The summed E-state index contributed by atoms with van der Waals surface area (Å²) in [6.45, 7) is 4.04. The number of amides is 1. The lowest BCUT2D eigenvalue weighted by molar-refractivity contribution is -0.122. The predicted octanol–water partition coefficient (Wildman–Crippen LogP) is 2.96. The Bertz CT molecular complexity index is 1070. The van der Waals surface area contributed by atoms with Crippen molar-refractivity contribution in [2.45, 2.75) is 51.8 Å².